The molecule has 0 unspecified atom stereocenters. The molecule has 0 saturated heterocycles. The zero-order chi connectivity index (χ0) is 17.4. The predicted molar refractivity (Wildman–Crippen MR) is 68.9 cm³/mol. The van der Waals surface area contributed by atoms with E-state index in [9.17, 15) is 26.3 Å². The van der Waals surface area contributed by atoms with Crippen LogP contribution in [0.4, 0.5) is 26.3 Å². The summed E-state index contributed by atoms with van der Waals surface area (Å²) in [6, 6.07) is 3.64. The van der Waals surface area contributed by atoms with Gasteiger partial charge in [-0.15, -0.1) is 0 Å². The number of nitriles is 2. The van der Waals surface area contributed by atoms with Crippen molar-refractivity contribution < 1.29 is 77.7 Å². The molecular formula is C14H6F6KN2S+. The molecule has 0 N–H and O–H groups in total. The topological polar surface area (TPSA) is 47.6 Å². The molecule has 24 heavy (non-hydrogen) atoms. The molecule has 0 spiro atoms. The molecule has 2 rings (SSSR count). The van der Waals surface area contributed by atoms with Gasteiger partial charge in [0.25, 0.3) is 0 Å². The van der Waals surface area contributed by atoms with E-state index in [4.69, 9.17) is 10.5 Å². The quantitative estimate of drug-likeness (QED) is 0.573. The standard InChI is InChI=1S/C14H6F6N2S.K/c15-13(16,17)11-8(3-7-1-2-23-6-7)12(14(18,19)20)10(5-22)9(11)4-21;/h1-2,6,8H,3H2;/q;+1. The number of alkyl halides is 6. The van der Waals surface area contributed by atoms with Gasteiger partial charge in [0.2, 0.25) is 0 Å². The van der Waals surface area contributed by atoms with E-state index < -0.39 is 47.0 Å². The van der Waals surface area contributed by atoms with Crippen LogP contribution in [0.3, 0.4) is 0 Å². The molecular weight excluding hydrogens is 381 g/mol. The van der Waals surface area contributed by atoms with Gasteiger partial charge in [0, 0.05) is 5.92 Å². The average molecular weight is 387 g/mol. The van der Waals surface area contributed by atoms with Gasteiger partial charge in [-0.05, 0) is 28.8 Å². The van der Waals surface area contributed by atoms with Crippen LogP contribution in [0, 0.1) is 28.6 Å². The van der Waals surface area contributed by atoms with E-state index in [1.54, 1.807) is 0 Å². The second-order valence-corrected chi connectivity index (χ2v) is 5.46. The Morgan fingerprint density at radius 1 is 0.958 bits per heavy atom. The third kappa shape index (κ3) is 4.13. The second kappa shape index (κ2) is 7.73. The van der Waals surface area contributed by atoms with Crippen LogP contribution in [0.2, 0.25) is 0 Å². The first kappa shape index (κ1) is 21.4. The van der Waals surface area contributed by atoms with E-state index in [-0.39, 0.29) is 56.9 Å². The summed E-state index contributed by atoms with van der Waals surface area (Å²) in [4.78, 5) is 0. The summed E-state index contributed by atoms with van der Waals surface area (Å²) in [5, 5.41) is 20.7. The molecule has 0 aliphatic heterocycles. The fourth-order valence-electron chi connectivity index (χ4n) is 2.52. The minimum absolute atomic E-state index is 0. The summed E-state index contributed by atoms with van der Waals surface area (Å²) in [6.45, 7) is 0. The van der Waals surface area contributed by atoms with Crippen LogP contribution in [0.25, 0.3) is 0 Å². The molecule has 10 heteroatoms. The molecule has 0 radical (unpaired) electrons. The van der Waals surface area contributed by atoms with Gasteiger partial charge in [-0.25, -0.2) is 0 Å². The van der Waals surface area contributed by atoms with Crippen LogP contribution >= 0.6 is 11.3 Å². The summed E-state index contributed by atoms with van der Waals surface area (Å²) in [7, 11) is 0. The number of thiophene rings is 1. The van der Waals surface area contributed by atoms with Gasteiger partial charge in [-0.3, -0.25) is 0 Å². The molecule has 1 aromatic heterocycles. The van der Waals surface area contributed by atoms with Crippen LogP contribution < -0.4 is 51.4 Å². The first-order chi connectivity index (χ1) is 10.6. The maximum Gasteiger partial charge on any atom is 1.00 e. The normalized spacial score (nSPS) is 16.0. The van der Waals surface area contributed by atoms with Gasteiger partial charge in [0.05, 0.1) is 22.3 Å². The van der Waals surface area contributed by atoms with Gasteiger partial charge < -0.3 is 0 Å². The molecule has 1 aliphatic rings. The smallest absolute Gasteiger partial charge is 0.192 e. The van der Waals surface area contributed by atoms with Crippen LogP contribution in [0.1, 0.15) is 5.56 Å². The molecule has 0 saturated carbocycles. The third-order valence-electron chi connectivity index (χ3n) is 3.34. The Bertz CT molecular complexity index is 711. The fraction of sp³-hybridized carbons (Fsp3) is 0.286. The van der Waals surface area contributed by atoms with Crippen LogP contribution in [0.5, 0.6) is 0 Å². The number of nitrogens with zero attached hydrogens (tertiary/aromatic N) is 2. The Labute approximate surface area is 179 Å². The number of hydrogen-bond donors (Lipinski definition) is 0. The number of allylic oxidation sites excluding steroid dienone is 4. The minimum atomic E-state index is -5.14. The average Bonchev–Trinajstić information content (AvgIpc) is 3.01. The molecule has 1 heterocycles. The van der Waals surface area contributed by atoms with Gasteiger partial charge in [-0.2, -0.15) is 48.2 Å². The number of hydrogen-bond acceptors (Lipinski definition) is 3. The summed E-state index contributed by atoms with van der Waals surface area (Å²) < 4.78 is 79.4. The fourth-order valence-corrected chi connectivity index (χ4v) is 3.20. The molecule has 0 amide bonds. The minimum Gasteiger partial charge on any atom is -0.192 e. The molecule has 0 fully saturated rings. The zero-order valence-electron chi connectivity index (χ0n) is 12.1. The third-order valence-corrected chi connectivity index (χ3v) is 4.07. The van der Waals surface area contributed by atoms with Crippen molar-refractivity contribution in [2.45, 2.75) is 18.8 Å². The van der Waals surface area contributed by atoms with Crippen molar-refractivity contribution >= 4 is 11.3 Å². The Morgan fingerprint density at radius 2 is 1.42 bits per heavy atom. The maximum atomic E-state index is 13.2. The molecule has 1 aromatic rings. The largest absolute Gasteiger partial charge is 1.00 e. The van der Waals surface area contributed by atoms with Crippen molar-refractivity contribution in [1.82, 2.24) is 0 Å². The van der Waals surface area contributed by atoms with Crippen molar-refractivity contribution in [2.24, 2.45) is 5.92 Å². The van der Waals surface area contributed by atoms with E-state index >= 15 is 0 Å². The molecule has 0 bridgehead atoms. The van der Waals surface area contributed by atoms with Crippen molar-refractivity contribution in [3.63, 3.8) is 0 Å². The van der Waals surface area contributed by atoms with Crippen LogP contribution in [0.15, 0.2) is 39.1 Å². The van der Waals surface area contributed by atoms with Gasteiger partial charge >= 0.3 is 63.7 Å². The maximum absolute atomic E-state index is 13.2. The monoisotopic (exact) mass is 387 g/mol. The van der Waals surface area contributed by atoms with E-state index in [0.29, 0.717) is 0 Å². The van der Waals surface area contributed by atoms with Crippen LogP contribution in [-0.2, 0) is 6.42 Å². The van der Waals surface area contributed by atoms with Gasteiger partial charge in [0.15, 0.2) is 0 Å². The Balaban J connectivity index is 0.00000288. The van der Waals surface area contributed by atoms with E-state index in [2.05, 4.69) is 0 Å². The molecule has 0 aromatic carbocycles. The number of halogens is 6. The van der Waals surface area contributed by atoms with E-state index in [1.165, 1.54) is 16.8 Å². The predicted octanol–water partition coefficient (Wildman–Crippen LogP) is 1.69. The first-order valence-corrected chi connectivity index (χ1v) is 7.00. The SMILES string of the molecule is N#CC1=C(C(F)(F)F)C(Cc2ccsc2)C(C(F)(F)F)=C1C#N.[K+]. The number of rotatable bonds is 2. The Hall–Kier alpha value is -0.624. The van der Waals surface area contributed by atoms with E-state index in [0.717, 1.165) is 23.5 Å². The first-order valence-electron chi connectivity index (χ1n) is 6.05. The van der Waals surface area contributed by atoms with Crippen molar-refractivity contribution in [3.05, 3.63) is 44.7 Å². The van der Waals surface area contributed by atoms with Gasteiger partial charge in [0.1, 0.15) is 12.1 Å². The second-order valence-electron chi connectivity index (χ2n) is 4.68. The van der Waals surface area contributed by atoms with Gasteiger partial charge in [-0.1, -0.05) is 0 Å². The molecule has 1 aliphatic carbocycles. The van der Waals surface area contributed by atoms with Crippen molar-refractivity contribution in [2.75, 3.05) is 0 Å². The zero-order valence-corrected chi connectivity index (χ0v) is 16.0. The summed E-state index contributed by atoms with van der Waals surface area (Å²) in [5.41, 5.74) is -5.41. The van der Waals surface area contributed by atoms with E-state index in [1.807, 2.05) is 0 Å². The van der Waals surface area contributed by atoms with Crippen LogP contribution in [-0.4, -0.2) is 12.4 Å². The summed E-state index contributed by atoms with van der Waals surface area (Å²) in [5.74, 6) is -2.12. The molecule has 2 nitrogen and oxygen atoms in total. The summed E-state index contributed by atoms with van der Waals surface area (Å²) >= 11 is 1.13. The Morgan fingerprint density at radius 3 is 1.71 bits per heavy atom. The van der Waals surface area contributed by atoms with Crippen molar-refractivity contribution in [3.8, 4) is 12.1 Å². The van der Waals surface area contributed by atoms with Crippen molar-refractivity contribution in [1.29, 1.82) is 10.5 Å². The summed E-state index contributed by atoms with van der Waals surface area (Å²) in [6.07, 6.45) is -10.9. The molecule has 120 valence electrons. The molecule has 0 atom stereocenters. The Kier molecular flexibility index (Phi) is 6.90.